The van der Waals surface area contributed by atoms with Crippen LogP contribution in [0.3, 0.4) is 0 Å². The number of hydrogen-bond donors (Lipinski definition) is 3. The Balaban J connectivity index is 1.67. The number of aromatic amines is 1. The molecule has 0 aliphatic rings. The molecule has 0 unspecified atom stereocenters. The maximum atomic E-state index is 13.0. The summed E-state index contributed by atoms with van der Waals surface area (Å²) in [4.78, 5) is 21.3. The monoisotopic (exact) mass is 526 g/mol. The largest absolute Gasteiger partial charge is 0.357 e. The molecule has 3 rings (SSSR count). The number of allylic oxidation sites excluding steroid dienone is 2. The van der Waals surface area contributed by atoms with Gasteiger partial charge in [0.25, 0.3) is 5.56 Å². The average molecular weight is 527 g/mol. The molecular formula is C26H27ClN4O4S. The predicted molar refractivity (Wildman–Crippen MR) is 147 cm³/mol. The number of aromatic nitrogens is 1. The third kappa shape index (κ3) is 7.02. The molecule has 0 fully saturated rings. The quantitative estimate of drug-likeness (QED) is 0.111. The zero-order chi connectivity index (χ0) is 26.1. The van der Waals surface area contributed by atoms with E-state index < -0.39 is 10.0 Å². The van der Waals surface area contributed by atoms with Crippen molar-refractivity contribution in [3.63, 3.8) is 0 Å². The van der Waals surface area contributed by atoms with Crippen LogP contribution < -0.4 is 16.0 Å². The summed E-state index contributed by atoms with van der Waals surface area (Å²) in [7, 11) is -3.71. The molecule has 0 spiro atoms. The Morgan fingerprint density at radius 3 is 2.69 bits per heavy atom. The molecule has 0 amide bonds. The normalized spacial score (nSPS) is 12.6. The summed E-state index contributed by atoms with van der Waals surface area (Å²) in [5.41, 5.74) is 2.03. The van der Waals surface area contributed by atoms with E-state index in [0.29, 0.717) is 35.6 Å². The Kier molecular flexibility index (Phi) is 9.38. The molecule has 1 heterocycles. The maximum Gasteiger partial charge on any atom is 0.260 e. The van der Waals surface area contributed by atoms with Gasteiger partial charge < -0.3 is 15.1 Å². The second-order valence-electron chi connectivity index (χ2n) is 7.69. The Bertz CT molecular complexity index is 1490. The number of sulfonamides is 1. The van der Waals surface area contributed by atoms with Crippen molar-refractivity contribution in [2.45, 2.75) is 13.3 Å². The number of fused-ring (bicyclic) bond motifs is 1. The summed E-state index contributed by atoms with van der Waals surface area (Å²) < 4.78 is 22.7. The third-order valence-electron chi connectivity index (χ3n) is 5.17. The lowest BCUT2D eigenvalue weighted by molar-refractivity contribution is 0.300. The number of nitrogens with zero attached hydrogens (tertiary/aromatic N) is 1. The number of halogens is 1. The van der Waals surface area contributed by atoms with E-state index in [9.17, 15) is 13.2 Å². The summed E-state index contributed by atoms with van der Waals surface area (Å²) in [6.45, 7) is 6.50. The molecule has 3 aromatic rings. The molecule has 0 bridgehead atoms. The summed E-state index contributed by atoms with van der Waals surface area (Å²) >= 11 is 6.24. The fourth-order valence-electron chi connectivity index (χ4n) is 3.53. The minimum absolute atomic E-state index is 0.0665. The van der Waals surface area contributed by atoms with Crippen LogP contribution >= 0.6 is 11.6 Å². The molecule has 0 saturated carbocycles. The van der Waals surface area contributed by atoms with Crippen LogP contribution in [0.25, 0.3) is 27.8 Å². The van der Waals surface area contributed by atoms with Crippen molar-refractivity contribution in [1.29, 1.82) is 0 Å². The van der Waals surface area contributed by atoms with E-state index in [4.69, 9.17) is 21.6 Å². The highest BCUT2D eigenvalue weighted by atomic mass is 35.5. The molecule has 0 atom stereocenters. The van der Waals surface area contributed by atoms with E-state index in [1.807, 2.05) is 30.3 Å². The second kappa shape index (κ2) is 12.5. The van der Waals surface area contributed by atoms with E-state index in [-0.39, 0.29) is 21.8 Å². The summed E-state index contributed by atoms with van der Waals surface area (Å²) in [5.74, 6) is 0.0954. The van der Waals surface area contributed by atoms with Crippen LogP contribution in [0, 0.1) is 0 Å². The Morgan fingerprint density at radius 1 is 1.25 bits per heavy atom. The van der Waals surface area contributed by atoms with Crippen LogP contribution in [0.5, 0.6) is 0 Å². The van der Waals surface area contributed by atoms with Crippen LogP contribution in [0.4, 0.5) is 0 Å². The van der Waals surface area contributed by atoms with Crippen LogP contribution in [0.2, 0.25) is 5.02 Å². The molecule has 0 radical (unpaired) electrons. The van der Waals surface area contributed by atoms with Gasteiger partial charge in [0.15, 0.2) is 5.76 Å². The standard InChI is InChI=1S/C26H27ClN4O4S/c1-3-21(36(28,33)34)11-7-8-14-29-15-16-30-35-18(2)24-25(19-9-5-4-6-10-19)22-17-20(27)12-13-23(22)31-26(24)32/h3-7,9-13,16-17,29H,2,8,14-15H2,1H3,(H,31,32)(H2,28,33,34)/b11-7-,21-3+,30-16+. The Morgan fingerprint density at radius 2 is 2.00 bits per heavy atom. The van der Waals surface area contributed by atoms with Gasteiger partial charge in [-0.1, -0.05) is 65.8 Å². The van der Waals surface area contributed by atoms with Crippen molar-refractivity contribution >= 4 is 44.5 Å². The number of primary sulfonamides is 1. The van der Waals surface area contributed by atoms with Crippen LogP contribution in [0.1, 0.15) is 18.9 Å². The van der Waals surface area contributed by atoms with Gasteiger partial charge in [0.1, 0.15) is 0 Å². The van der Waals surface area contributed by atoms with E-state index >= 15 is 0 Å². The molecule has 10 heteroatoms. The minimum Gasteiger partial charge on any atom is -0.357 e. The predicted octanol–water partition coefficient (Wildman–Crippen LogP) is 4.55. The highest BCUT2D eigenvalue weighted by Crippen LogP contribution is 2.34. The molecule has 4 N–H and O–H groups in total. The number of pyridine rings is 1. The number of benzene rings is 2. The molecule has 36 heavy (non-hydrogen) atoms. The van der Waals surface area contributed by atoms with Crippen molar-refractivity contribution in [2.24, 2.45) is 10.3 Å². The first kappa shape index (κ1) is 27.1. The first-order chi connectivity index (χ1) is 17.2. The number of oxime groups is 1. The highest BCUT2D eigenvalue weighted by Gasteiger charge is 2.18. The van der Waals surface area contributed by atoms with Gasteiger partial charge in [0.05, 0.1) is 16.7 Å². The molecule has 1 aromatic heterocycles. The SMILES string of the molecule is C=C(O/N=C/CNCC/C=C\C(=C/C)S(N)(=O)=O)c1c(-c2ccccc2)c2cc(Cl)ccc2[nH]c1=O. The van der Waals surface area contributed by atoms with E-state index in [2.05, 4.69) is 22.0 Å². The fraction of sp³-hybridized carbons (Fsp3) is 0.154. The van der Waals surface area contributed by atoms with Crippen molar-refractivity contribution in [1.82, 2.24) is 10.3 Å². The van der Waals surface area contributed by atoms with Crippen molar-refractivity contribution < 1.29 is 13.3 Å². The third-order valence-corrected chi connectivity index (χ3v) is 6.44. The number of hydrogen-bond acceptors (Lipinski definition) is 6. The van der Waals surface area contributed by atoms with Crippen molar-refractivity contribution in [3.8, 4) is 11.1 Å². The zero-order valence-electron chi connectivity index (χ0n) is 19.7. The summed E-state index contributed by atoms with van der Waals surface area (Å²) in [5, 5.41) is 13.4. The molecule has 0 aliphatic heterocycles. The molecule has 8 nitrogen and oxygen atoms in total. The van der Waals surface area contributed by atoms with Crippen molar-refractivity contribution in [2.75, 3.05) is 13.1 Å². The second-order valence-corrected chi connectivity index (χ2v) is 9.69. The van der Waals surface area contributed by atoms with Gasteiger partial charge in [-0.05, 0) is 49.7 Å². The molecule has 0 aliphatic carbocycles. The number of nitrogens with two attached hydrogens (primary N) is 1. The molecule has 188 valence electrons. The minimum atomic E-state index is -3.71. The molecule has 0 saturated heterocycles. The fourth-order valence-corrected chi connectivity index (χ4v) is 4.31. The van der Waals surface area contributed by atoms with Gasteiger partial charge in [0.2, 0.25) is 10.0 Å². The lowest BCUT2D eigenvalue weighted by atomic mass is 9.95. The maximum absolute atomic E-state index is 13.0. The summed E-state index contributed by atoms with van der Waals surface area (Å²) in [6.07, 6.45) is 6.71. The Hall–Kier alpha value is -3.50. The first-order valence-corrected chi connectivity index (χ1v) is 13.0. The Labute approximate surface area is 214 Å². The lowest BCUT2D eigenvalue weighted by Crippen LogP contribution is -2.17. The van der Waals surface area contributed by atoms with Gasteiger partial charge in [0, 0.05) is 28.0 Å². The average Bonchev–Trinajstić information content (AvgIpc) is 2.84. The zero-order valence-corrected chi connectivity index (χ0v) is 21.3. The van der Waals surface area contributed by atoms with Crippen LogP contribution in [-0.4, -0.2) is 32.7 Å². The van der Waals surface area contributed by atoms with Gasteiger partial charge in [-0.3, -0.25) is 4.79 Å². The van der Waals surface area contributed by atoms with E-state index in [0.717, 1.165) is 10.9 Å². The van der Waals surface area contributed by atoms with E-state index in [1.54, 1.807) is 31.2 Å². The smallest absolute Gasteiger partial charge is 0.260 e. The van der Waals surface area contributed by atoms with Gasteiger partial charge >= 0.3 is 0 Å². The summed E-state index contributed by atoms with van der Waals surface area (Å²) in [6, 6.07) is 14.7. The van der Waals surface area contributed by atoms with Crippen LogP contribution in [0.15, 0.2) is 88.2 Å². The highest BCUT2D eigenvalue weighted by molar-refractivity contribution is 7.93. The molecule has 2 aromatic carbocycles. The van der Waals surface area contributed by atoms with Crippen molar-refractivity contribution in [3.05, 3.63) is 99.2 Å². The van der Waals surface area contributed by atoms with Crippen LogP contribution in [-0.2, 0) is 14.9 Å². The number of rotatable bonds is 11. The number of H-pyrrole nitrogens is 1. The van der Waals surface area contributed by atoms with Gasteiger partial charge in [-0.2, -0.15) is 0 Å². The van der Waals surface area contributed by atoms with E-state index in [1.165, 1.54) is 18.4 Å². The number of nitrogens with one attached hydrogen (secondary N) is 2. The molecular weight excluding hydrogens is 500 g/mol. The van der Waals surface area contributed by atoms with Gasteiger partial charge in [-0.15, -0.1) is 0 Å². The first-order valence-electron chi connectivity index (χ1n) is 11.1. The topological polar surface area (TPSA) is 127 Å². The van der Waals surface area contributed by atoms with Gasteiger partial charge in [-0.25, -0.2) is 13.6 Å². The lowest BCUT2D eigenvalue weighted by Gasteiger charge is -2.13.